The van der Waals surface area contributed by atoms with Crippen molar-refractivity contribution in [1.82, 2.24) is 0 Å². The lowest BCUT2D eigenvalue weighted by Gasteiger charge is -2.24. The van der Waals surface area contributed by atoms with Crippen molar-refractivity contribution in [3.8, 4) is 11.1 Å². The summed E-state index contributed by atoms with van der Waals surface area (Å²) in [5.41, 5.74) is 8.43. The van der Waals surface area contributed by atoms with Crippen LogP contribution in [0.2, 0.25) is 0 Å². The Hall–Kier alpha value is -4.16. The molecule has 0 heterocycles. The molecular formula is C42H38. The van der Waals surface area contributed by atoms with Crippen molar-refractivity contribution in [3.05, 3.63) is 107 Å². The molecule has 0 unspecified atom stereocenters. The smallest absolute Gasteiger partial charge is 0.00204 e. The van der Waals surface area contributed by atoms with Crippen LogP contribution < -0.4 is 0 Å². The molecule has 206 valence electrons. The molecule has 0 amide bonds. The fraction of sp³-hybridized carbons (Fsp3) is 0.238. The van der Waals surface area contributed by atoms with E-state index in [0.717, 1.165) is 0 Å². The molecule has 0 atom stereocenters. The number of hydrogen-bond donors (Lipinski definition) is 0. The second-order valence-electron chi connectivity index (χ2n) is 14.8. The highest BCUT2D eigenvalue weighted by Crippen LogP contribution is 2.47. The third-order valence-corrected chi connectivity index (χ3v) is 9.81. The second-order valence-corrected chi connectivity index (χ2v) is 14.8. The minimum atomic E-state index is 0.110. The normalized spacial score (nSPS) is 13.2. The molecule has 0 aromatic heterocycles. The first-order chi connectivity index (χ1) is 19.9. The van der Waals surface area contributed by atoms with Crippen LogP contribution in [0.25, 0.3) is 75.8 Å². The Morgan fingerprint density at radius 2 is 0.643 bits per heavy atom. The van der Waals surface area contributed by atoms with Crippen LogP contribution in [0, 0.1) is 13.8 Å². The van der Waals surface area contributed by atoms with E-state index in [0.29, 0.717) is 0 Å². The zero-order valence-electron chi connectivity index (χ0n) is 26.1. The zero-order valence-corrected chi connectivity index (χ0v) is 26.1. The summed E-state index contributed by atoms with van der Waals surface area (Å²) in [4.78, 5) is 0. The highest BCUT2D eigenvalue weighted by atomic mass is 14.3. The van der Waals surface area contributed by atoms with Crippen LogP contribution in [0.1, 0.15) is 63.8 Å². The van der Waals surface area contributed by atoms with E-state index in [4.69, 9.17) is 0 Å². The first-order valence-electron chi connectivity index (χ1n) is 15.4. The monoisotopic (exact) mass is 542 g/mol. The Bertz CT molecular complexity index is 2160. The summed E-state index contributed by atoms with van der Waals surface area (Å²) < 4.78 is 0. The second kappa shape index (κ2) is 8.23. The van der Waals surface area contributed by atoms with Gasteiger partial charge in [0.15, 0.2) is 0 Å². The van der Waals surface area contributed by atoms with Crippen LogP contribution in [0.15, 0.2) is 84.9 Å². The van der Waals surface area contributed by atoms with Crippen molar-refractivity contribution in [2.45, 2.75) is 66.2 Å². The van der Waals surface area contributed by atoms with Crippen molar-refractivity contribution in [1.29, 1.82) is 0 Å². The van der Waals surface area contributed by atoms with E-state index in [9.17, 15) is 0 Å². The summed E-state index contributed by atoms with van der Waals surface area (Å²) in [5, 5.41) is 16.3. The van der Waals surface area contributed by atoms with E-state index >= 15 is 0 Å². The number of hydrogen-bond acceptors (Lipinski definition) is 0. The zero-order chi connectivity index (χ0) is 29.3. The maximum Gasteiger partial charge on any atom is -0.00204 e. The Morgan fingerprint density at radius 3 is 0.952 bits per heavy atom. The fourth-order valence-corrected chi connectivity index (χ4v) is 7.61. The standard InChI is InChI=1S/C42H38/c1-23-17-25-9-11-27-19-31(41(3,4)5)21-29-13-15-33(39(25)37(27)29)35(23)36-24(2)18-26-10-12-28-20-32(42(6,7)8)22-30-14-16-34(36)40(26)38(28)30/h9-22H,1-8H3. The number of aryl methyl sites for hydroxylation is 2. The Kier molecular flexibility index (Phi) is 5.00. The molecule has 8 rings (SSSR count). The predicted octanol–water partition coefficient (Wildman–Crippen LogP) is 12.4. The van der Waals surface area contributed by atoms with Crippen molar-refractivity contribution in [2.24, 2.45) is 0 Å². The van der Waals surface area contributed by atoms with Gasteiger partial charge in [-0.25, -0.2) is 0 Å². The van der Waals surface area contributed by atoms with Crippen LogP contribution >= 0.6 is 0 Å². The van der Waals surface area contributed by atoms with Crippen LogP contribution in [0.5, 0.6) is 0 Å². The molecule has 0 nitrogen and oxygen atoms in total. The largest absolute Gasteiger partial charge is 0.0561 e. The number of benzene rings is 8. The minimum Gasteiger partial charge on any atom is -0.0561 e. The first kappa shape index (κ1) is 25.5. The molecule has 0 spiro atoms. The summed E-state index contributed by atoms with van der Waals surface area (Å²) >= 11 is 0. The van der Waals surface area contributed by atoms with Crippen molar-refractivity contribution in [3.63, 3.8) is 0 Å². The van der Waals surface area contributed by atoms with Crippen LogP contribution in [0.4, 0.5) is 0 Å². The summed E-state index contributed by atoms with van der Waals surface area (Å²) in [6.07, 6.45) is 0. The van der Waals surface area contributed by atoms with Crippen LogP contribution in [-0.2, 0) is 10.8 Å². The van der Waals surface area contributed by atoms with Crippen LogP contribution in [0.3, 0.4) is 0 Å². The summed E-state index contributed by atoms with van der Waals surface area (Å²) in [6.45, 7) is 18.4. The fourth-order valence-electron chi connectivity index (χ4n) is 7.61. The van der Waals surface area contributed by atoms with Gasteiger partial charge in [-0.2, -0.15) is 0 Å². The van der Waals surface area contributed by atoms with Crippen molar-refractivity contribution >= 4 is 64.6 Å². The van der Waals surface area contributed by atoms with Gasteiger partial charge in [0.25, 0.3) is 0 Å². The van der Waals surface area contributed by atoms with E-state index in [1.54, 1.807) is 0 Å². The van der Waals surface area contributed by atoms with E-state index in [-0.39, 0.29) is 10.8 Å². The van der Waals surface area contributed by atoms with Gasteiger partial charge < -0.3 is 0 Å². The van der Waals surface area contributed by atoms with Gasteiger partial charge in [-0.15, -0.1) is 0 Å². The average molecular weight is 543 g/mol. The quantitative estimate of drug-likeness (QED) is 0.181. The molecule has 8 aromatic rings. The third-order valence-electron chi connectivity index (χ3n) is 9.81. The molecule has 0 saturated carbocycles. The summed E-state index contributed by atoms with van der Waals surface area (Å²) in [7, 11) is 0. The minimum absolute atomic E-state index is 0.110. The third kappa shape index (κ3) is 3.48. The molecule has 0 bridgehead atoms. The van der Waals surface area contributed by atoms with Gasteiger partial charge in [0, 0.05) is 0 Å². The highest BCUT2D eigenvalue weighted by molar-refractivity contribution is 6.30. The van der Waals surface area contributed by atoms with Gasteiger partial charge in [-0.3, -0.25) is 0 Å². The Morgan fingerprint density at radius 1 is 0.357 bits per heavy atom. The van der Waals surface area contributed by atoms with Gasteiger partial charge in [-0.1, -0.05) is 126 Å². The Labute approximate surface area is 248 Å². The van der Waals surface area contributed by atoms with E-state index in [2.05, 4.69) is 140 Å². The lowest BCUT2D eigenvalue weighted by molar-refractivity contribution is 0.591. The summed E-state index contributed by atoms with van der Waals surface area (Å²) in [5.74, 6) is 0. The van der Waals surface area contributed by atoms with Gasteiger partial charge in [0.2, 0.25) is 0 Å². The average Bonchev–Trinajstić information content (AvgIpc) is 2.93. The molecule has 0 saturated heterocycles. The van der Waals surface area contributed by atoms with Crippen molar-refractivity contribution in [2.75, 3.05) is 0 Å². The molecule has 0 radical (unpaired) electrons. The molecule has 8 aromatic carbocycles. The maximum absolute atomic E-state index is 2.42. The Balaban J connectivity index is 1.50. The van der Waals surface area contributed by atoms with Crippen molar-refractivity contribution < 1.29 is 0 Å². The predicted molar refractivity (Wildman–Crippen MR) is 186 cm³/mol. The molecule has 0 aliphatic rings. The van der Waals surface area contributed by atoms with Gasteiger partial charge in [0.05, 0.1) is 0 Å². The number of rotatable bonds is 1. The first-order valence-corrected chi connectivity index (χ1v) is 15.4. The maximum atomic E-state index is 2.42. The van der Waals surface area contributed by atoms with E-state index < -0.39 is 0 Å². The van der Waals surface area contributed by atoms with Crippen LogP contribution in [-0.4, -0.2) is 0 Å². The molecule has 0 aliphatic heterocycles. The van der Waals surface area contributed by atoms with Gasteiger partial charge >= 0.3 is 0 Å². The molecule has 0 heteroatoms. The molecule has 0 N–H and O–H groups in total. The molecule has 0 aliphatic carbocycles. The van der Waals surface area contributed by atoms with E-state index in [1.807, 2.05) is 0 Å². The van der Waals surface area contributed by atoms with E-state index in [1.165, 1.54) is 98.0 Å². The molecule has 0 fully saturated rings. The molecule has 42 heavy (non-hydrogen) atoms. The lowest BCUT2D eigenvalue weighted by Crippen LogP contribution is -2.11. The summed E-state index contributed by atoms with van der Waals surface area (Å²) in [6, 6.07) is 33.3. The van der Waals surface area contributed by atoms with Gasteiger partial charge in [-0.05, 0) is 123 Å². The van der Waals surface area contributed by atoms with Gasteiger partial charge in [0.1, 0.15) is 0 Å². The molecular weight excluding hydrogens is 504 g/mol. The lowest BCUT2D eigenvalue weighted by atomic mass is 9.80. The highest BCUT2D eigenvalue weighted by Gasteiger charge is 2.23. The topological polar surface area (TPSA) is 0 Å². The SMILES string of the molecule is Cc1cc2ccc3cc(C(C)(C)C)cc4ccc(c1-c1c(C)cc5ccc6cc(C(C)(C)C)cc7ccc1c5c67)c2c34.